The highest BCUT2D eigenvalue weighted by Crippen LogP contribution is 2.24. The number of fused-ring (bicyclic) bond motifs is 1. The molecule has 1 aromatic carbocycles. The SMILES string of the molecule is Nc1nc(Br)c2cc(O)ccc2n1. The van der Waals surface area contributed by atoms with Crippen LogP contribution in [-0.4, -0.2) is 15.1 Å². The van der Waals surface area contributed by atoms with Crippen LogP contribution in [0.2, 0.25) is 0 Å². The molecule has 5 heteroatoms. The average molecular weight is 240 g/mol. The van der Waals surface area contributed by atoms with Crippen molar-refractivity contribution in [1.29, 1.82) is 0 Å². The highest BCUT2D eigenvalue weighted by Gasteiger charge is 2.03. The fourth-order valence-corrected chi connectivity index (χ4v) is 1.60. The van der Waals surface area contributed by atoms with E-state index in [0.29, 0.717) is 10.1 Å². The van der Waals surface area contributed by atoms with E-state index in [4.69, 9.17) is 5.73 Å². The van der Waals surface area contributed by atoms with Gasteiger partial charge < -0.3 is 10.8 Å². The first-order chi connectivity index (χ1) is 6.16. The number of hydrogen-bond donors (Lipinski definition) is 2. The molecule has 1 aromatic heterocycles. The van der Waals surface area contributed by atoms with Gasteiger partial charge in [-0.25, -0.2) is 9.97 Å². The molecule has 13 heavy (non-hydrogen) atoms. The zero-order valence-corrected chi connectivity index (χ0v) is 8.12. The number of nitrogen functional groups attached to an aromatic ring is 1. The number of aromatic hydroxyl groups is 1. The van der Waals surface area contributed by atoms with Gasteiger partial charge in [0.15, 0.2) is 0 Å². The van der Waals surface area contributed by atoms with Crippen molar-refractivity contribution in [2.45, 2.75) is 0 Å². The Bertz CT molecular complexity index is 472. The van der Waals surface area contributed by atoms with Gasteiger partial charge in [-0.3, -0.25) is 0 Å². The maximum atomic E-state index is 9.22. The molecule has 1 heterocycles. The summed E-state index contributed by atoms with van der Waals surface area (Å²) < 4.78 is 0.589. The zero-order chi connectivity index (χ0) is 9.42. The molecule has 0 saturated heterocycles. The van der Waals surface area contributed by atoms with Gasteiger partial charge in [-0.1, -0.05) is 0 Å². The van der Waals surface area contributed by atoms with E-state index in [0.717, 1.165) is 5.39 Å². The Balaban J connectivity index is 2.87. The third kappa shape index (κ3) is 1.42. The quantitative estimate of drug-likeness (QED) is 0.687. The molecule has 4 nitrogen and oxygen atoms in total. The van der Waals surface area contributed by atoms with Crippen molar-refractivity contribution in [3.63, 3.8) is 0 Å². The molecular formula is C8H6BrN3O. The fourth-order valence-electron chi connectivity index (χ4n) is 1.10. The average Bonchev–Trinajstić information content (AvgIpc) is 2.06. The second-order valence-corrected chi connectivity index (χ2v) is 3.33. The first-order valence-corrected chi connectivity index (χ1v) is 4.38. The van der Waals surface area contributed by atoms with Crippen molar-refractivity contribution in [2.75, 3.05) is 5.73 Å². The molecule has 0 unspecified atom stereocenters. The van der Waals surface area contributed by atoms with Crippen LogP contribution in [0, 0.1) is 0 Å². The molecular weight excluding hydrogens is 234 g/mol. The highest BCUT2D eigenvalue weighted by atomic mass is 79.9. The van der Waals surface area contributed by atoms with Gasteiger partial charge in [0, 0.05) is 5.39 Å². The summed E-state index contributed by atoms with van der Waals surface area (Å²) in [7, 11) is 0. The predicted octanol–water partition coefficient (Wildman–Crippen LogP) is 1.68. The number of nitrogens with zero attached hydrogens (tertiary/aromatic N) is 2. The van der Waals surface area contributed by atoms with Crippen molar-refractivity contribution in [3.8, 4) is 5.75 Å². The minimum atomic E-state index is 0.182. The Kier molecular flexibility index (Phi) is 1.81. The van der Waals surface area contributed by atoms with Crippen molar-refractivity contribution >= 4 is 32.8 Å². The molecule has 2 rings (SSSR count). The van der Waals surface area contributed by atoms with Crippen LogP contribution >= 0.6 is 15.9 Å². The van der Waals surface area contributed by atoms with Gasteiger partial charge in [-0.05, 0) is 34.1 Å². The maximum absolute atomic E-state index is 9.22. The summed E-state index contributed by atoms with van der Waals surface area (Å²) in [5.74, 6) is 0.395. The van der Waals surface area contributed by atoms with Crippen molar-refractivity contribution in [3.05, 3.63) is 22.8 Å². The third-order valence-corrected chi connectivity index (χ3v) is 2.25. The summed E-state index contributed by atoms with van der Waals surface area (Å²) in [5.41, 5.74) is 6.15. The number of halogens is 1. The number of rotatable bonds is 0. The van der Waals surface area contributed by atoms with Gasteiger partial charge in [0.1, 0.15) is 10.4 Å². The maximum Gasteiger partial charge on any atom is 0.221 e. The van der Waals surface area contributed by atoms with E-state index in [1.807, 2.05) is 0 Å². The zero-order valence-electron chi connectivity index (χ0n) is 6.53. The monoisotopic (exact) mass is 239 g/mol. The van der Waals surface area contributed by atoms with E-state index in [9.17, 15) is 5.11 Å². The van der Waals surface area contributed by atoms with E-state index < -0.39 is 0 Å². The summed E-state index contributed by atoms with van der Waals surface area (Å²) >= 11 is 3.24. The molecule has 0 radical (unpaired) electrons. The van der Waals surface area contributed by atoms with E-state index in [1.165, 1.54) is 0 Å². The lowest BCUT2D eigenvalue weighted by Crippen LogP contribution is -1.95. The van der Waals surface area contributed by atoms with E-state index in [2.05, 4.69) is 25.9 Å². The van der Waals surface area contributed by atoms with Crippen LogP contribution in [0.25, 0.3) is 10.9 Å². The number of hydrogen-bond acceptors (Lipinski definition) is 4. The van der Waals surface area contributed by atoms with Crippen LogP contribution in [0.3, 0.4) is 0 Å². The molecule has 3 N–H and O–H groups in total. The first-order valence-electron chi connectivity index (χ1n) is 3.58. The third-order valence-electron chi connectivity index (χ3n) is 1.65. The summed E-state index contributed by atoms with van der Waals surface area (Å²) in [4.78, 5) is 7.92. The van der Waals surface area contributed by atoms with Crippen LogP contribution < -0.4 is 5.73 Å². The van der Waals surface area contributed by atoms with Gasteiger partial charge in [0.2, 0.25) is 5.95 Å². The molecule has 0 bridgehead atoms. The minimum absolute atomic E-state index is 0.182. The predicted molar refractivity (Wildman–Crippen MR) is 53.3 cm³/mol. The smallest absolute Gasteiger partial charge is 0.221 e. The summed E-state index contributed by atoms with van der Waals surface area (Å²) in [5, 5.41) is 9.96. The molecule has 0 spiro atoms. The van der Waals surface area contributed by atoms with Crippen molar-refractivity contribution in [1.82, 2.24) is 9.97 Å². The largest absolute Gasteiger partial charge is 0.508 e. The second kappa shape index (κ2) is 2.85. The molecule has 0 saturated carbocycles. The van der Waals surface area contributed by atoms with Crippen molar-refractivity contribution < 1.29 is 5.11 Å². The Labute approximate surface area is 82.6 Å². The van der Waals surface area contributed by atoms with E-state index >= 15 is 0 Å². The summed E-state index contributed by atoms with van der Waals surface area (Å²) in [6.45, 7) is 0. The molecule has 66 valence electrons. The van der Waals surface area contributed by atoms with Gasteiger partial charge in [-0.2, -0.15) is 0 Å². The lowest BCUT2D eigenvalue weighted by atomic mass is 10.2. The lowest BCUT2D eigenvalue weighted by Gasteiger charge is -2.00. The van der Waals surface area contributed by atoms with Gasteiger partial charge in [-0.15, -0.1) is 0 Å². The Morgan fingerprint density at radius 2 is 2.08 bits per heavy atom. The highest BCUT2D eigenvalue weighted by molar-refractivity contribution is 9.10. The number of anilines is 1. The summed E-state index contributed by atoms with van der Waals surface area (Å²) in [6, 6.07) is 4.83. The molecule has 0 amide bonds. The fraction of sp³-hybridized carbons (Fsp3) is 0. The van der Waals surface area contributed by atoms with Gasteiger partial charge >= 0.3 is 0 Å². The Morgan fingerprint density at radius 3 is 2.85 bits per heavy atom. The second-order valence-electron chi connectivity index (χ2n) is 2.57. The van der Waals surface area contributed by atoms with Crippen LogP contribution in [-0.2, 0) is 0 Å². The molecule has 0 atom stereocenters. The number of phenolic OH excluding ortho intramolecular Hbond substituents is 1. The van der Waals surface area contributed by atoms with Gasteiger partial charge in [0.05, 0.1) is 5.52 Å². The first kappa shape index (κ1) is 8.25. The van der Waals surface area contributed by atoms with Crippen LogP contribution in [0.1, 0.15) is 0 Å². The Hall–Kier alpha value is -1.36. The van der Waals surface area contributed by atoms with Gasteiger partial charge in [0.25, 0.3) is 0 Å². The molecule has 0 aliphatic carbocycles. The van der Waals surface area contributed by atoms with E-state index in [-0.39, 0.29) is 11.7 Å². The molecule has 0 fully saturated rings. The minimum Gasteiger partial charge on any atom is -0.508 e. The normalized spacial score (nSPS) is 10.5. The number of nitrogens with two attached hydrogens (primary N) is 1. The summed E-state index contributed by atoms with van der Waals surface area (Å²) in [6.07, 6.45) is 0. The number of phenols is 1. The topological polar surface area (TPSA) is 72.0 Å². The van der Waals surface area contributed by atoms with E-state index in [1.54, 1.807) is 18.2 Å². The molecule has 2 aromatic rings. The standard InChI is InChI=1S/C8H6BrN3O/c9-7-5-3-4(13)1-2-6(5)11-8(10)12-7/h1-3,13H,(H2,10,11,12). The van der Waals surface area contributed by atoms with Crippen LogP contribution in [0.4, 0.5) is 5.95 Å². The van der Waals surface area contributed by atoms with Crippen LogP contribution in [0.5, 0.6) is 5.75 Å². The Morgan fingerprint density at radius 1 is 1.31 bits per heavy atom. The lowest BCUT2D eigenvalue weighted by molar-refractivity contribution is 0.476. The number of aromatic nitrogens is 2. The number of benzene rings is 1. The molecule has 0 aliphatic heterocycles. The van der Waals surface area contributed by atoms with Crippen molar-refractivity contribution in [2.24, 2.45) is 0 Å². The van der Waals surface area contributed by atoms with Crippen LogP contribution in [0.15, 0.2) is 22.8 Å². The molecule has 0 aliphatic rings.